The maximum Gasteiger partial charge on any atom is 0.433 e. The van der Waals surface area contributed by atoms with Gasteiger partial charge in [0.15, 0.2) is 5.82 Å². The van der Waals surface area contributed by atoms with Gasteiger partial charge >= 0.3 is 12.3 Å². The third-order valence-electron chi connectivity index (χ3n) is 11.1. The Morgan fingerprint density at radius 3 is 1.98 bits per heavy atom. The molecule has 2 saturated carbocycles. The van der Waals surface area contributed by atoms with Crippen LogP contribution in [0.3, 0.4) is 0 Å². The van der Waals surface area contributed by atoms with E-state index in [0.717, 1.165) is 38.5 Å². The second kappa shape index (κ2) is 15.0. The number of H-pyrrole nitrogens is 2. The zero-order valence-corrected chi connectivity index (χ0v) is 30.5. The number of ether oxygens (including phenoxy) is 1. The van der Waals surface area contributed by atoms with Crippen molar-refractivity contribution in [3.8, 4) is 33.9 Å². The van der Waals surface area contributed by atoms with Crippen LogP contribution in [-0.2, 0) is 25.3 Å². The molecule has 4 fully saturated rings. The molecule has 8 rings (SSSR count). The number of amides is 4. The van der Waals surface area contributed by atoms with Gasteiger partial charge in [-0.2, -0.15) is 13.2 Å². The van der Waals surface area contributed by atoms with Gasteiger partial charge in [0, 0.05) is 42.2 Å². The summed E-state index contributed by atoms with van der Waals surface area (Å²) in [7, 11) is 1.21. The predicted octanol–water partition coefficient (Wildman–Crippen LogP) is 4.93. The summed E-state index contributed by atoms with van der Waals surface area (Å²) in [6.07, 6.45) is 5.87. The Bertz CT molecular complexity index is 2100. The summed E-state index contributed by atoms with van der Waals surface area (Å²) < 4.78 is 47.9. The molecule has 0 bridgehead atoms. The van der Waals surface area contributed by atoms with Gasteiger partial charge in [-0.3, -0.25) is 14.4 Å². The molecule has 2 unspecified atom stereocenters. The van der Waals surface area contributed by atoms with Gasteiger partial charge < -0.3 is 35.1 Å². The normalized spacial score (nSPS) is 20.8. The third kappa shape index (κ3) is 7.43. The van der Waals surface area contributed by atoms with Crippen LogP contribution in [0.15, 0.2) is 42.9 Å². The van der Waals surface area contributed by atoms with Gasteiger partial charge in [0.2, 0.25) is 18.2 Å². The molecule has 15 nitrogen and oxygen atoms in total. The molecule has 2 aliphatic carbocycles. The molecule has 4 aromatic rings. The number of nitrogens with one attached hydrogen (secondary N) is 4. The molecule has 4 amide bonds. The summed E-state index contributed by atoms with van der Waals surface area (Å²) in [4.78, 5) is 77.1. The molecule has 0 spiro atoms. The highest BCUT2D eigenvalue weighted by molar-refractivity contribution is 5.87. The molecule has 3 aromatic heterocycles. The van der Waals surface area contributed by atoms with E-state index < -0.39 is 36.1 Å². The first-order chi connectivity index (χ1) is 27.0. The van der Waals surface area contributed by atoms with E-state index in [1.54, 1.807) is 35.6 Å². The average Bonchev–Trinajstić information content (AvgIpc) is 3.93. The molecule has 4 atom stereocenters. The van der Waals surface area contributed by atoms with Crippen LogP contribution in [-0.4, -0.2) is 96.3 Å². The fraction of sp³-hybridized carbons (Fsp3) is 0.474. The predicted molar refractivity (Wildman–Crippen MR) is 193 cm³/mol. The number of halogens is 3. The van der Waals surface area contributed by atoms with Gasteiger partial charge in [0.1, 0.15) is 35.1 Å². The Hall–Kier alpha value is -5.81. The smallest absolute Gasteiger partial charge is 0.433 e. The van der Waals surface area contributed by atoms with Crippen LogP contribution in [0.5, 0.6) is 0 Å². The SMILES string of the molecule is COC(=O)NC(C(=O)N1CCC[C@H]1c1nc(-c2ccc(-c3ncc(-c4cnc([C@@H]5CCCN5C(=O)C(NC=O)C5CC5)[nH]4)cn3)cc2)c(C(F)(F)F)[nH]1)C1CC1. The van der Waals surface area contributed by atoms with Crippen molar-refractivity contribution >= 4 is 24.3 Å². The van der Waals surface area contributed by atoms with Crippen LogP contribution in [0.2, 0.25) is 0 Å². The molecule has 2 saturated heterocycles. The molecule has 18 heteroatoms. The van der Waals surface area contributed by atoms with E-state index in [-0.39, 0.29) is 46.8 Å². The topological polar surface area (TPSA) is 191 Å². The number of methoxy groups -OCH3 is 1. The minimum atomic E-state index is -4.75. The standard InChI is InChI=1S/C38H41F3N10O5/c1-56-37(55)48-30(22-8-9-22)36(54)51-15-3-5-27(51)34-47-28(31(49-34)38(39,40)41)20-10-12-23(13-11-20)32-42-16-24(17-43-32)25-18-44-33(46-25)26-4-2-14-50(26)35(53)29(45-19-52)21-6-7-21/h10-13,16-19,21-22,26-27,29-30H,2-9,14-15H2,1H3,(H,44,46)(H,45,52)(H,47,49)(H,48,55)/t26-,27-,29?,30?/m0/s1. The van der Waals surface area contributed by atoms with Gasteiger partial charge in [0.25, 0.3) is 0 Å². The molecule has 0 radical (unpaired) electrons. The molecular formula is C38H41F3N10O5. The number of imidazole rings is 2. The van der Waals surface area contributed by atoms with Crippen molar-refractivity contribution in [2.75, 3.05) is 20.2 Å². The molecule has 1 aromatic carbocycles. The van der Waals surface area contributed by atoms with Crippen molar-refractivity contribution in [2.45, 2.75) is 81.7 Å². The highest BCUT2D eigenvalue weighted by atomic mass is 19.4. The quantitative estimate of drug-likeness (QED) is 0.145. The van der Waals surface area contributed by atoms with Crippen molar-refractivity contribution in [3.63, 3.8) is 0 Å². The molecule has 2 aliphatic heterocycles. The van der Waals surface area contributed by atoms with E-state index in [1.165, 1.54) is 24.1 Å². The maximum absolute atomic E-state index is 14.4. The average molecular weight is 775 g/mol. The number of benzene rings is 1. The second-order valence-corrected chi connectivity index (χ2v) is 14.8. The molecule has 4 N–H and O–H groups in total. The lowest BCUT2D eigenvalue weighted by molar-refractivity contribution is -0.140. The zero-order chi connectivity index (χ0) is 39.1. The molecule has 5 heterocycles. The summed E-state index contributed by atoms with van der Waals surface area (Å²) in [5.41, 5.74) is 0.791. The summed E-state index contributed by atoms with van der Waals surface area (Å²) in [5.74, 6) is 0.668. The first-order valence-corrected chi connectivity index (χ1v) is 18.8. The number of aromatic amines is 2. The van der Waals surface area contributed by atoms with Crippen LogP contribution in [0.1, 0.15) is 80.8 Å². The summed E-state index contributed by atoms with van der Waals surface area (Å²) in [5, 5.41) is 5.30. The highest BCUT2D eigenvalue weighted by Gasteiger charge is 2.45. The first kappa shape index (κ1) is 37.1. The second-order valence-electron chi connectivity index (χ2n) is 14.8. The fourth-order valence-corrected chi connectivity index (χ4v) is 7.90. The number of aromatic nitrogens is 6. The Kier molecular flexibility index (Phi) is 9.96. The Labute approximate surface area is 319 Å². The third-order valence-corrected chi connectivity index (χ3v) is 11.1. The molecule has 56 heavy (non-hydrogen) atoms. The van der Waals surface area contributed by atoms with Gasteiger partial charge in [-0.1, -0.05) is 24.3 Å². The van der Waals surface area contributed by atoms with E-state index in [1.807, 2.05) is 0 Å². The van der Waals surface area contributed by atoms with E-state index >= 15 is 0 Å². The summed E-state index contributed by atoms with van der Waals surface area (Å²) in [6.45, 7) is 0.904. The number of nitrogens with zero attached hydrogens (tertiary/aromatic N) is 6. The number of alkyl carbamates (subject to hydrolysis) is 1. The largest absolute Gasteiger partial charge is 0.453 e. The minimum Gasteiger partial charge on any atom is -0.453 e. The lowest BCUT2D eigenvalue weighted by Crippen LogP contribution is -2.49. The number of carbonyl (C=O) groups is 4. The van der Waals surface area contributed by atoms with Crippen LogP contribution < -0.4 is 10.6 Å². The molecular weight excluding hydrogens is 733 g/mol. The maximum atomic E-state index is 14.4. The monoisotopic (exact) mass is 774 g/mol. The van der Waals surface area contributed by atoms with Crippen LogP contribution >= 0.6 is 0 Å². The zero-order valence-electron chi connectivity index (χ0n) is 30.5. The molecule has 294 valence electrons. The Balaban J connectivity index is 0.974. The fourth-order valence-electron chi connectivity index (χ4n) is 7.90. The summed E-state index contributed by atoms with van der Waals surface area (Å²) >= 11 is 0. The van der Waals surface area contributed by atoms with E-state index in [4.69, 9.17) is 4.74 Å². The Morgan fingerprint density at radius 1 is 0.804 bits per heavy atom. The number of alkyl halides is 3. The van der Waals surface area contributed by atoms with Crippen LogP contribution in [0.25, 0.3) is 33.9 Å². The number of hydrogen-bond acceptors (Lipinski definition) is 9. The lowest BCUT2D eigenvalue weighted by Gasteiger charge is -2.28. The number of rotatable bonds is 12. The number of hydrogen-bond donors (Lipinski definition) is 4. The van der Waals surface area contributed by atoms with Crippen molar-refractivity contribution in [3.05, 3.63) is 60.2 Å². The summed E-state index contributed by atoms with van der Waals surface area (Å²) in [6, 6.07) is 3.98. The van der Waals surface area contributed by atoms with E-state index in [9.17, 15) is 32.3 Å². The highest BCUT2D eigenvalue weighted by Crippen LogP contribution is 2.42. The van der Waals surface area contributed by atoms with Crippen molar-refractivity contribution < 1.29 is 37.1 Å². The van der Waals surface area contributed by atoms with Crippen LogP contribution in [0.4, 0.5) is 18.0 Å². The minimum absolute atomic E-state index is 0.0281. The first-order valence-electron chi connectivity index (χ1n) is 18.8. The van der Waals surface area contributed by atoms with Gasteiger partial charge in [-0.15, -0.1) is 0 Å². The van der Waals surface area contributed by atoms with Crippen molar-refractivity contribution in [2.24, 2.45) is 11.8 Å². The van der Waals surface area contributed by atoms with E-state index in [0.29, 0.717) is 60.8 Å². The molecule has 4 aliphatic rings. The van der Waals surface area contributed by atoms with Crippen molar-refractivity contribution in [1.29, 1.82) is 0 Å². The number of likely N-dealkylation sites (tertiary alicyclic amines) is 2. The van der Waals surface area contributed by atoms with Gasteiger partial charge in [-0.25, -0.2) is 24.7 Å². The van der Waals surface area contributed by atoms with Gasteiger partial charge in [-0.05, 0) is 63.2 Å². The lowest BCUT2D eigenvalue weighted by atomic mass is 10.1. The van der Waals surface area contributed by atoms with Crippen LogP contribution in [0, 0.1) is 11.8 Å². The Morgan fingerprint density at radius 2 is 1.39 bits per heavy atom. The van der Waals surface area contributed by atoms with E-state index in [2.05, 4.69) is 40.5 Å². The number of carbonyl (C=O) groups excluding carboxylic acids is 4. The van der Waals surface area contributed by atoms with Crippen molar-refractivity contribution in [1.82, 2.24) is 50.3 Å². The van der Waals surface area contributed by atoms with Gasteiger partial charge in [0.05, 0.1) is 31.1 Å².